The summed E-state index contributed by atoms with van der Waals surface area (Å²) in [7, 11) is 0. The summed E-state index contributed by atoms with van der Waals surface area (Å²) < 4.78 is 1.67. The summed E-state index contributed by atoms with van der Waals surface area (Å²) in [6.07, 6.45) is 13.6. The van der Waals surface area contributed by atoms with Crippen molar-refractivity contribution >= 4 is 5.97 Å². The lowest BCUT2D eigenvalue weighted by Gasteiger charge is -2.31. The van der Waals surface area contributed by atoms with Crippen LogP contribution in [0.15, 0.2) is 61.2 Å². The number of hydrogen-bond donors (Lipinski definition) is 1. The van der Waals surface area contributed by atoms with Crippen LogP contribution in [0.3, 0.4) is 0 Å². The Labute approximate surface area is 122 Å². The van der Waals surface area contributed by atoms with Gasteiger partial charge in [0.1, 0.15) is 5.69 Å². The van der Waals surface area contributed by atoms with E-state index < -0.39 is 5.97 Å². The minimum atomic E-state index is -0.973. The molecule has 0 saturated heterocycles. The predicted molar refractivity (Wildman–Crippen MR) is 78.0 cm³/mol. The molecule has 2 aromatic rings. The van der Waals surface area contributed by atoms with Gasteiger partial charge in [0.05, 0.1) is 23.6 Å². The van der Waals surface area contributed by atoms with E-state index in [9.17, 15) is 9.90 Å². The summed E-state index contributed by atoms with van der Waals surface area (Å²) in [6.45, 7) is 0.493. The topological polar surface area (TPSA) is 68.0 Å². The summed E-state index contributed by atoms with van der Waals surface area (Å²) in [5.41, 5.74) is 0.768. The highest BCUT2D eigenvalue weighted by atomic mass is 16.4. The lowest BCUT2D eigenvalue weighted by Crippen LogP contribution is -2.32. The highest BCUT2D eigenvalue weighted by Gasteiger charge is 2.32. The van der Waals surface area contributed by atoms with Crippen molar-refractivity contribution in [3.63, 3.8) is 0 Å². The van der Waals surface area contributed by atoms with Crippen molar-refractivity contribution in [2.45, 2.75) is 18.4 Å². The molecule has 1 atom stereocenters. The van der Waals surface area contributed by atoms with E-state index in [0.717, 1.165) is 12.1 Å². The van der Waals surface area contributed by atoms with E-state index >= 15 is 0 Å². The molecule has 5 nitrogen and oxygen atoms in total. The summed E-state index contributed by atoms with van der Waals surface area (Å²) in [5.74, 6) is -0.973. The first-order valence-electron chi connectivity index (χ1n) is 6.71. The highest BCUT2D eigenvalue weighted by molar-refractivity contribution is 5.85. The number of carbonyl (C=O) groups is 1. The van der Waals surface area contributed by atoms with Crippen LogP contribution in [0, 0.1) is 0 Å². The van der Waals surface area contributed by atoms with Gasteiger partial charge >= 0.3 is 5.97 Å². The van der Waals surface area contributed by atoms with Crippen LogP contribution in [0.4, 0.5) is 0 Å². The van der Waals surface area contributed by atoms with Gasteiger partial charge in [-0.2, -0.15) is 0 Å². The normalized spacial score (nSPS) is 20.6. The largest absolute Gasteiger partial charge is 0.477 e. The van der Waals surface area contributed by atoms with Crippen molar-refractivity contribution in [2.24, 2.45) is 0 Å². The maximum atomic E-state index is 11.3. The molecule has 3 rings (SSSR count). The third-order valence-electron chi connectivity index (χ3n) is 3.70. The second-order valence-electron chi connectivity index (χ2n) is 5.07. The van der Waals surface area contributed by atoms with E-state index in [1.54, 1.807) is 17.1 Å². The van der Waals surface area contributed by atoms with Gasteiger partial charge in [-0.3, -0.25) is 4.98 Å². The Hall–Kier alpha value is -2.69. The fourth-order valence-corrected chi connectivity index (χ4v) is 2.64. The molecule has 2 aromatic heterocycles. The lowest BCUT2D eigenvalue weighted by atomic mass is 9.78. The zero-order valence-electron chi connectivity index (χ0n) is 11.4. The van der Waals surface area contributed by atoms with Crippen molar-refractivity contribution in [3.05, 3.63) is 72.6 Å². The molecular formula is C16H15N3O2. The van der Waals surface area contributed by atoms with Crippen LogP contribution in [0.2, 0.25) is 0 Å². The molecular weight excluding hydrogens is 266 g/mol. The van der Waals surface area contributed by atoms with Crippen LogP contribution in [-0.4, -0.2) is 25.6 Å². The monoisotopic (exact) mass is 281 g/mol. The molecule has 0 saturated carbocycles. The highest BCUT2D eigenvalue weighted by Crippen LogP contribution is 2.33. The second-order valence-corrected chi connectivity index (χ2v) is 5.07. The predicted octanol–water partition coefficient (Wildman–Crippen LogP) is 2.43. The average Bonchev–Trinajstić information content (AvgIpc) is 2.97. The van der Waals surface area contributed by atoms with Crippen LogP contribution in [0.1, 0.15) is 22.6 Å². The summed E-state index contributed by atoms with van der Waals surface area (Å²) in [4.78, 5) is 19.7. The summed E-state index contributed by atoms with van der Waals surface area (Å²) in [5, 5.41) is 9.23. The minimum absolute atomic E-state index is 0.188. The molecule has 1 aliphatic rings. The fraction of sp³-hybridized carbons (Fsp3) is 0.188. The Bertz CT molecular complexity index is 703. The number of hydrogen-bond acceptors (Lipinski definition) is 3. The van der Waals surface area contributed by atoms with Gasteiger partial charge in [0.2, 0.25) is 0 Å². The average molecular weight is 281 g/mol. The van der Waals surface area contributed by atoms with Crippen LogP contribution >= 0.6 is 0 Å². The third kappa shape index (κ3) is 2.50. The van der Waals surface area contributed by atoms with E-state index in [-0.39, 0.29) is 11.1 Å². The van der Waals surface area contributed by atoms with Crippen LogP contribution in [0.5, 0.6) is 0 Å². The first-order valence-corrected chi connectivity index (χ1v) is 6.71. The van der Waals surface area contributed by atoms with Crippen LogP contribution in [-0.2, 0) is 12.0 Å². The Morgan fingerprint density at radius 2 is 2.29 bits per heavy atom. The van der Waals surface area contributed by atoms with E-state index in [1.807, 2.05) is 30.4 Å². The van der Waals surface area contributed by atoms with Gasteiger partial charge in [0.25, 0.3) is 0 Å². The minimum Gasteiger partial charge on any atom is -0.477 e. The zero-order valence-corrected chi connectivity index (χ0v) is 11.4. The smallest absolute Gasteiger partial charge is 0.354 e. The molecule has 5 heteroatoms. The maximum Gasteiger partial charge on any atom is 0.354 e. The number of aromatic nitrogens is 3. The SMILES string of the molecule is O=C(O)c1cncn1CC1(c2ccccn2)C=CC=CC1. The summed E-state index contributed by atoms with van der Waals surface area (Å²) in [6, 6.07) is 5.79. The van der Waals surface area contributed by atoms with Gasteiger partial charge < -0.3 is 9.67 Å². The van der Waals surface area contributed by atoms with E-state index in [2.05, 4.69) is 22.1 Å². The van der Waals surface area contributed by atoms with Crippen molar-refractivity contribution in [2.75, 3.05) is 0 Å². The number of pyridine rings is 1. The Kier molecular flexibility index (Phi) is 3.39. The molecule has 0 radical (unpaired) electrons. The number of rotatable bonds is 4. The van der Waals surface area contributed by atoms with Gasteiger partial charge in [-0.25, -0.2) is 9.78 Å². The molecule has 0 fully saturated rings. The molecule has 0 bridgehead atoms. The zero-order chi connectivity index (χ0) is 14.7. The third-order valence-corrected chi connectivity index (χ3v) is 3.70. The van der Waals surface area contributed by atoms with E-state index in [1.165, 1.54) is 6.20 Å². The first-order chi connectivity index (χ1) is 10.2. The molecule has 2 heterocycles. The van der Waals surface area contributed by atoms with E-state index in [4.69, 9.17) is 0 Å². The number of aromatic carboxylic acids is 1. The molecule has 1 N–H and O–H groups in total. The van der Waals surface area contributed by atoms with Crippen molar-refractivity contribution < 1.29 is 9.90 Å². The molecule has 0 amide bonds. The van der Waals surface area contributed by atoms with Crippen LogP contribution in [0.25, 0.3) is 0 Å². The molecule has 0 aromatic carbocycles. The second kappa shape index (κ2) is 5.36. The molecule has 21 heavy (non-hydrogen) atoms. The number of carboxylic acid groups (broad SMARTS) is 1. The molecule has 1 unspecified atom stereocenters. The number of carboxylic acids is 1. The molecule has 106 valence electrons. The van der Waals surface area contributed by atoms with Gasteiger partial charge in [-0.15, -0.1) is 0 Å². The van der Waals surface area contributed by atoms with Gasteiger partial charge in [-0.1, -0.05) is 30.4 Å². The molecule has 1 aliphatic carbocycles. The first kappa shape index (κ1) is 13.3. The number of imidazole rings is 1. The van der Waals surface area contributed by atoms with Crippen molar-refractivity contribution in [1.82, 2.24) is 14.5 Å². The quantitative estimate of drug-likeness (QED) is 0.934. The van der Waals surface area contributed by atoms with E-state index in [0.29, 0.717) is 6.54 Å². The lowest BCUT2D eigenvalue weighted by molar-refractivity contribution is 0.0683. The Morgan fingerprint density at radius 3 is 2.95 bits per heavy atom. The van der Waals surface area contributed by atoms with Gasteiger partial charge in [0, 0.05) is 12.7 Å². The van der Waals surface area contributed by atoms with Crippen LogP contribution < -0.4 is 0 Å². The van der Waals surface area contributed by atoms with Gasteiger partial charge in [0.15, 0.2) is 0 Å². The molecule has 0 spiro atoms. The Balaban J connectivity index is 2.02. The number of nitrogens with zero attached hydrogens (tertiary/aromatic N) is 3. The van der Waals surface area contributed by atoms with Gasteiger partial charge in [-0.05, 0) is 18.6 Å². The fourth-order valence-electron chi connectivity index (χ4n) is 2.64. The van der Waals surface area contributed by atoms with Crippen molar-refractivity contribution in [3.8, 4) is 0 Å². The maximum absolute atomic E-state index is 11.3. The summed E-state index contributed by atoms with van der Waals surface area (Å²) >= 11 is 0. The number of allylic oxidation sites excluding steroid dienone is 4. The molecule has 0 aliphatic heterocycles. The standard InChI is InChI=1S/C16H15N3O2/c20-15(21)13-10-17-12-19(13)11-16(7-3-1-4-8-16)14-6-2-5-9-18-14/h1-7,9-10,12H,8,11H2,(H,20,21). The van der Waals surface area contributed by atoms with Crippen molar-refractivity contribution in [1.29, 1.82) is 0 Å². The Morgan fingerprint density at radius 1 is 1.38 bits per heavy atom.